The lowest BCUT2D eigenvalue weighted by Crippen LogP contribution is -2.57. The van der Waals surface area contributed by atoms with E-state index in [-0.39, 0.29) is 50.2 Å². The van der Waals surface area contributed by atoms with Crippen LogP contribution in [0.5, 0.6) is 0 Å². The van der Waals surface area contributed by atoms with Crippen LogP contribution in [0, 0.1) is 11.8 Å². The van der Waals surface area contributed by atoms with Crippen molar-refractivity contribution in [1.82, 2.24) is 20.9 Å². The smallest absolute Gasteiger partial charge is 0.410 e. The molecule has 14 nitrogen and oxygen atoms in total. The van der Waals surface area contributed by atoms with Gasteiger partial charge in [-0.25, -0.2) is 9.59 Å². The highest BCUT2D eigenvalue weighted by Gasteiger charge is 2.33. The highest BCUT2D eigenvalue weighted by atomic mass is 16.6. The Balaban J connectivity index is 1.64. The van der Waals surface area contributed by atoms with Gasteiger partial charge in [0, 0.05) is 32.0 Å². The predicted molar refractivity (Wildman–Crippen MR) is 184 cm³/mol. The molecule has 14 heteroatoms. The zero-order valence-electron chi connectivity index (χ0n) is 28.2. The molecule has 1 aliphatic heterocycles. The molecule has 1 heterocycles. The number of hydrogen-bond donors (Lipinski definition) is 6. The summed E-state index contributed by atoms with van der Waals surface area (Å²) in [6.07, 6.45) is 1.14. The van der Waals surface area contributed by atoms with Crippen molar-refractivity contribution in [3.63, 3.8) is 0 Å². The molecule has 3 rings (SSSR count). The minimum absolute atomic E-state index is 0.0204. The summed E-state index contributed by atoms with van der Waals surface area (Å²) < 4.78 is 5.43. The Labute approximate surface area is 287 Å². The second-order valence-electron chi connectivity index (χ2n) is 12.6. The Morgan fingerprint density at radius 1 is 0.857 bits per heavy atom. The number of guanidine groups is 1. The lowest BCUT2D eigenvalue weighted by Gasteiger charge is -2.32. The molecule has 0 spiro atoms. The minimum atomic E-state index is -1.22. The average Bonchev–Trinajstić information content (AvgIpc) is 3.08. The van der Waals surface area contributed by atoms with Crippen molar-refractivity contribution in [2.75, 3.05) is 19.6 Å². The summed E-state index contributed by atoms with van der Waals surface area (Å²) in [5.41, 5.74) is 12.3. The highest BCUT2D eigenvalue weighted by molar-refractivity contribution is 5.94. The van der Waals surface area contributed by atoms with E-state index in [4.69, 9.17) is 16.2 Å². The van der Waals surface area contributed by atoms with E-state index < -0.39 is 47.9 Å². The third-order valence-electron chi connectivity index (χ3n) is 8.14. The molecule has 2 aromatic carbocycles. The minimum Gasteiger partial charge on any atom is -0.480 e. The largest absolute Gasteiger partial charge is 0.480 e. The molecule has 4 amide bonds. The Morgan fingerprint density at radius 3 is 2.00 bits per heavy atom. The molecule has 1 fully saturated rings. The van der Waals surface area contributed by atoms with Crippen LogP contribution in [0.15, 0.2) is 65.7 Å². The molecule has 3 unspecified atom stereocenters. The molecule has 2 aromatic rings. The fraction of sp³-hybridized carbons (Fsp3) is 0.486. The molecular formula is C35H49N7O7. The summed E-state index contributed by atoms with van der Waals surface area (Å²) in [7, 11) is 0. The molecule has 49 heavy (non-hydrogen) atoms. The number of amides is 4. The SMILES string of the molecule is CC(C)CC(NC(=O)C(Cc1ccccc1)NC(=O)C1CCN(C(=O)OCc2ccccc2)CC1)C(=O)NC(CCCN=C(N)N)C(=O)O. The Bertz CT molecular complexity index is 1410. The van der Waals surface area contributed by atoms with Gasteiger partial charge in [-0.1, -0.05) is 74.5 Å². The number of nitrogens with one attached hydrogen (secondary N) is 3. The van der Waals surface area contributed by atoms with Crippen molar-refractivity contribution in [2.45, 2.75) is 77.1 Å². The summed E-state index contributed by atoms with van der Waals surface area (Å²) in [4.78, 5) is 70.5. The van der Waals surface area contributed by atoms with Crippen LogP contribution in [-0.2, 0) is 36.9 Å². The molecule has 8 N–H and O–H groups in total. The van der Waals surface area contributed by atoms with Crippen LogP contribution < -0.4 is 27.4 Å². The number of nitrogens with two attached hydrogens (primary N) is 2. The summed E-state index contributed by atoms with van der Waals surface area (Å²) in [6.45, 7) is 4.77. The molecule has 0 aromatic heterocycles. The number of rotatable bonds is 17. The Hall–Kier alpha value is -5.14. The van der Waals surface area contributed by atoms with Gasteiger partial charge in [0.1, 0.15) is 24.7 Å². The maximum absolute atomic E-state index is 13.8. The molecule has 1 saturated heterocycles. The van der Waals surface area contributed by atoms with Gasteiger partial charge in [0.15, 0.2) is 5.96 Å². The van der Waals surface area contributed by atoms with Crippen molar-refractivity contribution >= 4 is 35.7 Å². The maximum Gasteiger partial charge on any atom is 0.410 e. The number of likely N-dealkylation sites (tertiary alicyclic amines) is 1. The quantitative estimate of drug-likeness (QED) is 0.0816. The number of ether oxygens (including phenoxy) is 1. The average molecular weight is 680 g/mol. The highest BCUT2D eigenvalue weighted by Crippen LogP contribution is 2.19. The second kappa shape index (κ2) is 19.6. The summed E-state index contributed by atoms with van der Waals surface area (Å²) >= 11 is 0. The van der Waals surface area contributed by atoms with E-state index in [1.807, 2.05) is 74.5 Å². The van der Waals surface area contributed by atoms with E-state index >= 15 is 0 Å². The molecule has 0 saturated carbocycles. The topological polar surface area (TPSA) is 219 Å². The number of carbonyl (C=O) groups is 5. The number of carbonyl (C=O) groups excluding carboxylic acids is 4. The molecule has 266 valence electrons. The van der Waals surface area contributed by atoms with Crippen LogP contribution >= 0.6 is 0 Å². The third kappa shape index (κ3) is 13.5. The summed E-state index contributed by atoms with van der Waals surface area (Å²) in [5, 5.41) is 17.9. The van der Waals surface area contributed by atoms with Gasteiger partial charge >= 0.3 is 12.1 Å². The second-order valence-corrected chi connectivity index (χ2v) is 12.6. The van der Waals surface area contributed by atoms with E-state index in [0.717, 1.165) is 11.1 Å². The van der Waals surface area contributed by atoms with E-state index in [2.05, 4.69) is 20.9 Å². The number of aliphatic carboxylic acids is 1. The van der Waals surface area contributed by atoms with Crippen LogP contribution in [0.1, 0.15) is 57.1 Å². The van der Waals surface area contributed by atoms with E-state index in [1.165, 1.54) is 0 Å². The maximum atomic E-state index is 13.8. The van der Waals surface area contributed by atoms with Gasteiger partial charge in [-0.3, -0.25) is 19.4 Å². The normalized spacial score (nSPS) is 15.0. The van der Waals surface area contributed by atoms with Gasteiger partial charge in [-0.2, -0.15) is 0 Å². The number of carboxylic acid groups (broad SMARTS) is 1. The van der Waals surface area contributed by atoms with Gasteiger partial charge < -0.3 is 42.2 Å². The Morgan fingerprint density at radius 2 is 1.43 bits per heavy atom. The van der Waals surface area contributed by atoms with Gasteiger partial charge in [0.2, 0.25) is 17.7 Å². The fourth-order valence-corrected chi connectivity index (χ4v) is 5.49. The third-order valence-corrected chi connectivity index (χ3v) is 8.14. The number of nitrogens with zero attached hydrogens (tertiary/aromatic N) is 2. The van der Waals surface area contributed by atoms with Crippen molar-refractivity contribution in [2.24, 2.45) is 28.3 Å². The summed E-state index contributed by atoms with van der Waals surface area (Å²) in [6, 6.07) is 15.3. The first-order valence-corrected chi connectivity index (χ1v) is 16.6. The predicted octanol–water partition coefficient (Wildman–Crippen LogP) is 1.92. The molecule has 0 aliphatic carbocycles. The van der Waals surface area contributed by atoms with E-state index in [0.29, 0.717) is 32.4 Å². The first kappa shape index (κ1) is 38.3. The molecule has 1 aliphatic rings. The van der Waals surface area contributed by atoms with E-state index in [1.54, 1.807) is 4.90 Å². The van der Waals surface area contributed by atoms with Gasteiger partial charge in [-0.15, -0.1) is 0 Å². The van der Waals surface area contributed by atoms with Crippen LogP contribution in [-0.4, -0.2) is 83.5 Å². The lowest BCUT2D eigenvalue weighted by atomic mass is 9.95. The number of carboxylic acids is 1. The zero-order valence-corrected chi connectivity index (χ0v) is 28.2. The molecule has 0 radical (unpaired) electrons. The van der Waals surface area contributed by atoms with Crippen molar-refractivity contribution < 1.29 is 33.8 Å². The first-order valence-electron chi connectivity index (χ1n) is 16.6. The number of aliphatic imine (C=N–C) groups is 1. The van der Waals surface area contributed by atoms with Crippen LogP contribution in [0.3, 0.4) is 0 Å². The van der Waals surface area contributed by atoms with Crippen LogP contribution in [0.2, 0.25) is 0 Å². The van der Waals surface area contributed by atoms with Crippen LogP contribution in [0.4, 0.5) is 4.79 Å². The zero-order chi connectivity index (χ0) is 35.8. The van der Waals surface area contributed by atoms with Crippen molar-refractivity contribution in [3.8, 4) is 0 Å². The van der Waals surface area contributed by atoms with E-state index in [9.17, 15) is 29.1 Å². The van der Waals surface area contributed by atoms with Crippen LogP contribution in [0.25, 0.3) is 0 Å². The molecule has 0 bridgehead atoms. The Kier molecular flexibility index (Phi) is 15.3. The van der Waals surface area contributed by atoms with Crippen molar-refractivity contribution in [3.05, 3.63) is 71.8 Å². The van der Waals surface area contributed by atoms with Gasteiger partial charge in [-0.05, 0) is 49.1 Å². The van der Waals surface area contributed by atoms with Gasteiger partial charge in [0.05, 0.1) is 0 Å². The standard InChI is InChI=1S/C35H49N7O7/c1-23(2)20-28(31(44)39-27(33(46)47)14-9-17-38-34(36)37)41-32(45)29(21-24-10-5-3-6-11-24)40-30(43)26-15-18-42(19-16-26)35(48)49-22-25-12-7-4-8-13-25/h3-8,10-13,23,26-29H,9,14-22H2,1-2H3,(H,39,44)(H,40,43)(H,41,45)(H,46,47)(H4,36,37,38). The van der Waals surface area contributed by atoms with Gasteiger partial charge in [0.25, 0.3) is 0 Å². The molecule has 3 atom stereocenters. The first-order chi connectivity index (χ1) is 23.4. The fourth-order valence-electron chi connectivity index (χ4n) is 5.49. The number of benzene rings is 2. The number of hydrogen-bond acceptors (Lipinski definition) is 7. The number of piperidine rings is 1. The van der Waals surface area contributed by atoms with Crippen molar-refractivity contribution in [1.29, 1.82) is 0 Å². The molecular weight excluding hydrogens is 630 g/mol. The lowest BCUT2D eigenvalue weighted by molar-refractivity contribution is -0.142. The monoisotopic (exact) mass is 679 g/mol. The summed E-state index contributed by atoms with van der Waals surface area (Å²) in [5.74, 6) is -3.34.